The first-order valence-corrected chi connectivity index (χ1v) is 4.06. The van der Waals surface area contributed by atoms with Crippen LogP contribution < -0.4 is 0 Å². The van der Waals surface area contributed by atoms with E-state index in [1.165, 1.54) is 6.20 Å². The molecule has 0 aliphatic heterocycles. The second-order valence-electron chi connectivity index (χ2n) is 3.22. The summed E-state index contributed by atoms with van der Waals surface area (Å²) in [6.07, 6.45) is -2.87. The van der Waals surface area contributed by atoms with Gasteiger partial charge in [-0.1, -0.05) is 6.58 Å². The van der Waals surface area contributed by atoms with Crippen LogP contribution in [0, 0.1) is 6.92 Å². The third kappa shape index (κ3) is 2.61. The first-order chi connectivity index (χ1) is 6.29. The van der Waals surface area contributed by atoms with Crippen molar-refractivity contribution in [1.82, 2.24) is 9.78 Å². The summed E-state index contributed by atoms with van der Waals surface area (Å²) in [5.41, 5.74) is 1.96. The average Bonchev–Trinajstić information content (AvgIpc) is 2.26. The number of aromatic nitrogens is 2. The van der Waals surface area contributed by atoms with E-state index in [0.717, 1.165) is 10.3 Å². The van der Waals surface area contributed by atoms with E-state index in [2.05, 4.69) is 11.7 Å². The second-order valence-corrected chi connectivity index (χ2v) is 3.22. The van der Waals surface area contributed by atoms with Crippen molar-refractivity contribution in [1.29, 1.82) is 0 Å². The molecule has 0 saturated carbocycles. The Bertz CT molecular complexity index is 349. The fourth-order valence-electron chi connectivity index (χ4n) is 1.20. The molecule has 0 N–H and O–H groups in total. The summed E-state index contributed by atoms with van der Waals surface area (Å²) in [4.78, 5) is 0. The van der Waals surface area contributed by atoms with Crippen LogP contribution in [-0.2, 0) is 6.54 Å². The van der Waals surface area contributed by atoms with E-state index in [0.29, 0.717) is 11.3 Å². The molecule has 0 fully saturated rings. The van der Waals surface area contributed by atoms with Gasteiger partial charge in [0.05, 0.1) is 5.69 Å². The van der Waals surface area contributed by atoms with Crippen molar-refractivity contribution >= 4 is 5.57 Å². The fourth-order valence-corrected chi connectivity index (χ4v) is 1.20. The van der Waals surface area contributed by atoms with Crippen molar-refractivity contribution in [2.75, 3.05) is 0 Å². The zero-order valence-corrected chi connectivity index (χ0v) is 8.02. The van der Waals surface area contributed by atoms with Gasteiger partial charge < -0.3 is 0 Å². The molecule has 14 heavy (non-hydrogen) atoms. The Kier molecular flexibility index (Phi) is 2.69. The van der Waals surface area contributed by atoms with Gasteiger partial charge in [0, 0.05) is 11.8 Å². The van der Waals surface area contributed by atoms with Gasteiger partial charge in [-0.15, -0.1) is 0 Å². The van der Waals surface area contributed by atoms with Crippen LogP contribution in [0.25, 0.3) is 5.57 Å². The molecule has 0 bridgehead atoms. The zero-order chi connectivity index (χ0) is 10.9. The van der Waals surface area contributed by atoms with E-state index in [9.17, 15) is 13.2 Å². The van der Waals surface area contributed by atoms with Crippen LogP contribution in [0.5, 0.6) is 0 Å². The molecule has 0 aromatic carbocycles. The molecule has 0 radical (unpaired) electrons. The molecule has 5 heteroatoms. The van der Waals surface area contributed by atoms with Gasteiger partial charge in [0.25, 0.3) is 0 Å². The fraction of sp³-hybridized carbons (Fsp3) is 0.444. The van der Waals surface area contributed by atoms with Crippen molar-refractivity contribution in [2.45, 2.75) is 26.6 Å². The normalized spacial score (nSPS) is 11.8. The Balaban J connectivity index is 2.92. The molecule has 78 valence electrons. The van der Waals surface area contributed by atoms with Gasteiger partial charge in [0.2, 0.25) is 0 Å². The minimum Gasteiger partial charge on any atom is -0.263 e. The number of hydrogen-bond donors (Lipinski definition) is 0. The summed E-state index contributed by atoms with van der Waals surface area (Å²) in [6.45, 7) is 6.01. The molecule has 0 aliphatic carbocycles. The number of alkyl halides is 3. The quantitative estimate of drug-likeness (QED) is 0.724. The molecule has 0 unspecified atom stereocenters. The summed E-state index contributed by atoms with van der Waals surface area (Å²) in [7, 11) is 0. The Labute approximate surface area is 80.0 Å². The highest BCUT2D eigenvalue weighted by atomic mass is 19.4. The smallest absolute Gasteiger partial charge is 0.263 e. The van der Waals surface area contributed by atoms with E-state index in [-0.39, 0.29) is 0 Å². The van der Waals surface area contributed by atoms with Crippen molar-refractivity contribution in [3.05, 3.63) is 24.0 Å². The molecule has 2 nitrogen and oxygen atoms in total. The minimum absolute atomic E-state index is 0.571. The van der Waals surface area contributed by atoms with Crippen LogP contribution in [0.15, 0.2) is 12.8 Å². The first-order valence-electron chi connectivity index (χ1n) is 4.06. The highest BCUT2D eigenvalue weighted by Crippen LogP contribution is 2.20. The van der Waals surface area contributed by atoms with Gasteiger partial charge in [-0.2, -0.15) is 18.3 Å². The number of nitrogens with zero attached hydrogens (tertiary/aromatic N) is 2. The Morgan fingerprint density at radius 1 is 1.57 bits per heavy atom. The molecule has 0 saturated heterocycles. The maximum Gasteiger partial charge on any atom is 0.408 e. The van der Waals surface area contributed by atoms with Crippen LogP contribution >= 0.6 is 0 Å². The average molecular weight is 204 g/mol. The van der Waals surface area contributed by atoms with Gasteiger partial charge in [0.15, 0.2) is 0 Å². The van der Waals surface area contributed by atoms with Gasteiger partial charge in [-0.25, -0.2) is 0 Å². The maximum atomic E-state index is 12.0. The third-order valence-corrected chi connectivity index (χ3v) is 1.75. The lowest BCUT2D eigenvalue weighted by atomic mass is 10.1. The second kappa shape index (κ2) is 3.48. The van der Waals surface area contributed by atoms with Gasteiger partial charge in [-0.3, -0.25) is 4.68 Å². The SMILES string of the molecule is C=C(C)c1cn(CC(F)(F)F)nc1C. The molecule has 1 rings (SSSR count). The Hall–Kier alpha value is -1.26. The van der Waals surface area contributed by atoms with Gasteiger partial charge in [-0.05, 0) is 19.4 Å². The lowest BCUT2D eigenvalue weighted by molar-refractivity contribution is -0.142. The number of rotatable bonds is 2. The molecule has 1 aromatic heterocycles. The molecular weight excluding hydrogens is 193 g/mol. The summed E-state index contributed by atoms with van der Waals surface area (Å²) in [5.74, 6) is 0. The Morgan fingerprint density at radius 2 is 2.14 bits per heavy atom. The predicted molar refractivity (Wildman–Crippen MR) is 47.7 cm³/mol. The molecule has 1 heterocycles. The first kappa shape index (κ1) is 10.8. The number of halogens is 3. The standard InChI is InChI=1S/C9H11F3N2/c1-6(2)8-4-14(13-7(8)3)5-9(10,11)12/h4H,1,5H2,2-3H3. The van der Waals surface area contributed by atoms with Crippen LogP contribution in [0.3, 0.4) is 0 Å². The van der Waals surface area contributed by atoms with E-state index in [1.54, 1.807) is 13.8 Å². The van der Waals surface area contributed by atoms with Crippen molar-refractivity contribution in [2.24, 2.45) is 0 Å². The van der Waals surface area contributed by atoms with Crippen LogP contribution in [0.2, 0.25) is 0 Å². The van der Waals surface area contributed by atoms with E-state index in [1.807, 2.05) is 0 Å². The zero-order valence-electron chi connectivity index (χ0n) is 8.02. The molecule has 0 atom stereocenters. The van der Waals surface area contributed by atoms with Crippen LogP contribution in [0.4, 0.5) is 13.2 Å². The van der Waals surface area contributed by atoms with Crippen LogP contribution in [0.1, 0.15) is 18.2 Å². The van der Waals surface area contributed by atoms with Crippen LogP contribution in [-0.4, -0.2) is 16.0 Å². The molecule has 0 amide bonds. The maximum absolute atomic E-state index is 12.0. The summed E-state index contributed by atoms with van der Waals surface area (Å²) in [6, 6.07) is 0. The largest absolute Gasteiger partial charge is 0.408 e. The minimum atomic E-state index is -4.23. The molecular formula is C9H11F3N2. The lowest BCUT2D eigenvalue weighted by Gasteiger charge is -2.04. The van der Waals surface area contributed by atoms with Crippen molar-refractivity contribution in [3.63, 3.8) is 0 Å². The number of hydrogen-bond acceptors (Lipinski definition) is 1. The van der Waals surface area contributed by atoms with Crippen molar-refractivity contribution < 1.29 is 13.2 Å². The van der Waals surface area contributed by atoms with Gasteiger partial charge >= 0.3 is 6.18 Å². The third-order valence-electron chi connectivity index (χ3n) is 1.75. The highest BCUT2D eigenvalue weighted by Gasteiger charge is 2.28. The molecule has 0 aliphatic rings. The summed E-state index contributed by atoms with van der Waals surface area (Å²) >= 11 is 0. The number of allylic oxidation sites excluding steroid dienone is 1. The predicted octanol–water partition coefficient (Wildman–Crippen LogP) is 2.79. The summed E-state index contributed by atoms with van der Waals surface area (Å²) < 4.78 is 36.9. The van der Waals surface area contributed by atoms with E-state index in [4.69, 9.17) is 0 Å². The van der Waals surface area contributed by atoms with Gasteiger partial charge in [0.1, 0.15) is 6.54 Å². The highest BCUT2D eigenvalue weighted by molar-refractivity contribution is 5.62. The van der Waals surface area contributed by atoms with Crippen molar-refractivity contribution in [3.8, 4) is 0 Å². The van der Waals surface area contributed by atoms with E-state index < -0.39 is 12.7 Å². The Morgan fingerprint density at radius 3 is 2.50 bits per heavy atom. The molecule has 1 aromatic rings. The topological polar surface area (TPSA) is 17.8 Å². The lowest BCUT2D eigenvalue weighted by Crippen LogP contribution is -2.17. The monoisotopic (exact) mass is 204 g/mol. The number of aryl methyl sites for hydroxylation is 1. The molecule has 0 spiro atoms. The van der Waals surface area contributed by atoms with E-state index >= 15 is 0 Å². The summed E-state index contributed by atoms with van der Waals surface area (Å²) in [5, 5.41) is 3.75.